The van der Waals surface area contributed by atoms with Gasteiger partial charge in [-0.3, -0.25) is 14.5 Å². The zero-order valence-corrected chi connectivity index (χ0v) is 25.6. The molecule has 0 saturated carbocycles. The Labute approximate surface area is 255 Å². The van der Waals surface area contributed by atoms with E-state index >= 15 is 0 Å². The van der Waals surface area contributed by atoms with Gasteiger partial charge in [0, 0.05) is 37.2 Å². The fraction of sp³-hybridized carbons (Fsp3) is 0.344. The van der Waals surface area contributed by atoms with Crippen LogP contribution >= 0.6 is 24.8 Å². The van der Waals surface area contributed by atoms with Gasteiger partial charge in [0.2, 0.25) is 5.91 Å². The Morgan fingerprint density at radius 3 is 2.34 bits per heavy atom. The molecule has 9 heteroatoms. The number of aryl methyl sites for hydroxylation is 1. The van der Waals surface area contributed by atoms with Crippen LogP contribution in [0.3, 0.4) is 0 Å². The van der Waals surface area contributed by atoms with Crippen LogP contribution in [-0.2, 0) is 24.3 Å². The smallest absolute Gasteiger partial charge is 0.237 e. The van der Waals surface area contributed by atoms with Crippen molar-refractivity contribution < 1.29 is 9.90 Å². The van der Waals surface area contributed by atoms with Crippen molar-refractivity contribution >= 4 is 42.1 Å². The minimum atomic E-state index is -0.731. The van der Waals surface area contributed by atoms with Crippen LogP contribution in [0.5, 0.6) is 0 Å². The Balaban J connectivity index is 0.00000231. The van der Waals surface area contributed by atoms with Gasteiger partial charge in [0.25, 0.3) is 0 Å². The van der Waals surface area contributed by atoms with Crippen molar-refractivity contribution in [3.8, 4) is 0 Å². The van der Waals surface area contributed by atoms with Crippen LogP contribution in [0.25, 0.3) is 0 Å². The highest BCUT2D eigenvalue weighted by Crippen LogP contribution is 2.35. The van der Waals surface area contributed by atoms with Gasteiger partial charge >= 0.3 is 0 Å². The number of aliphatic hydroxyl groups is 1. The zero-order valence-electron chi connectivity index (χ0n) is 24.0. The Kier molecular flexibility index (Phi) is 11.0. The number of nitrogens with zero attached hydrogens (tertiary/aromatic N) is 5. The normalized spacial score (nSPS) is 15.9. The number of hydrogen-bond acceptors (Lipinski definition) is 5. The number of fused-ring (bicyclic) bond motifs is 1. The van der Waals surface area contributed by atoms with Gasteiger partial charge in [-0.2, -0.15) is 5.10 Å². The molecule has 2 aromatic carbocycles. The molecule has 0 bridgehead atoms. The molecule has 0 fully saturated rings. The molecule has 0 radical (unpaired) electrons. The summed E-state index contributed by atoms with van der Waals surface area (Å²) in [4.78, 5) is 22.6. The van der Waals surface area contributed by atoms with E-state index in [1.807, 2.05) is 61.5 Å². The number of anilines is 2. The van der Waals surface area contributed by atoms with E-state index in [0.29, 0.717) is 31.1 Å². The maximum atomic E-state index is 14.2. The Hall–Kier alpha value is -3.39. The lowest BCUT2D eigenvalue weighted by atomic mass is 9.80. The molecule has 1 amide bonds. The van der Waals surface area contributed by atoms with Gasteiger partial charge in [0.1, 0.15) is 0 Å². The molecule has 1 aliphatic carbocycles. The topological polar surface area (TPSA) is 74.5 Å². The first kappa shape index (κ1) is 32.1. The summed E-state index contributed by atoms with van der Waals surface area (Å²) in [7, 11) is 4.05. The summed E-state index contributed by atoms with van der Waals surface area (Å²) in [5.41, 5.74) is 6.95. The quantitative estimate of drug-likeness (QED) is 0.271. The van der Waals surface area contributed by atoms with Gasteiger partial charge in [-0.15, -0.1) is 24.8 Å². The molecule has 0 saturated heterocycles. The largest absolute Gasteiger partial charge is 0.392 e. The van der Waals surface area contributed by atoms with Crippen LogP contribution in [0.2, 0.25) is 0 Å². The highest BCUT2D eigenvalue weighted by atomic mass is 35.5. The summed E-state index contributed by atoms with van der Waals surface area (Å²) in [6, 6.07) is 20.3. The first-order chi connectivity index (χ1) is 18.8. The molecule has 1 N–H and O–H groups in total. The molecule has 218 valence electrons. The number of carbonyl (C=O) groups excluding carboxylic acids is 1. The fourth-order valence-corrected chi connectivity index (χ4v) is 5.25. The minimum absolute atomic E-state index is 0. The molecule has 7 nitrogen and oxygen atoms in total. The highest BCUT2D eigenvalue weighted by Gasteiger charge is 2.37. The maximum absolute atomic E-state index is 14.2. The average molecular weight is 597 g/mol. The second-order valence-corrected chi connectivity index (χ2v) is 10.9. The lowest BCUT2D eigenvalue weighted by Crippen LogP contribution is -2.41. The van der Waals surface area contributed by atoms with Crippen molar-refractivity contribution in [2.24, 2.45) is 0 Å². The van der Waals surface area contributed by atoms with Gasteiger partial charge in [-0.1, -0.05) is 50.2 Å². The van der Waals surface area contributed by atoms with E-state index in [4.69, 9.17) is 0 Å². The van der Waals surface area contributed by atoms with Gasteiger partial charge in [0.15, 0.2) is 0 Å². The molecule has 2 atom stereocenters. The molecule has 2 unspecified atom stereocenters. The van der Waals surface area contributed by atoms with Gasteiger partial charge in [0.05, 0.1) is 43.2 Å². The second kappa shape index (κ2) is 14.0. The van der Waals surface area contributed by atoms with Gasteiger partial charge < -0.3 is 14.9 Å². The summed E-state index contributed by atoms with van der Waals surface area (Å²) in [5, 5.41) is 15.6. The second-order valence-electron chi connectivity index (χ2n) is 10.9. The Morgan fingerprint density at radius 2 is 1.68 bits per heavy atom. The van der Waals surface area contributed by atoms with Gasteiger partial charge in [-0.25, -0.2) is 0 Å². The standard InChI is InChI=1S/C32H37N5O2.2ClH/c1-22(2)29-15-14-27(18-33-29)37(32(39)31-28-8-6-5-7-25(28)11-16-30(31)38)21-24-17-34-36(20-24)19-23-9-12-26(13-10-23)35(3)4;;/h5-10,12-15,17-18,20,22,30-31,38H,11,16,19,21H2,1-4H3;2*1H. The number of rotatable bonds is 8. The molecule has 1 aliphatic rings. The van der Waals surface area contributed by atoms with Crippen molar-refractivity contribution in [3.63, 3.8) is 0 Å². The predicted molar refractivity (Wildman–Crippen MR) is 170 cm³/mol. The number of halogens is 2. The fourth-order valence-electron chi connectivity index (χ4n) is 5.25. The van der Waals surface area contributed by atoms with Crippen LogP contribution in [0, 0.1) is 0 Å². The number of carbonyl (C=O) groups is 1. The van der Waals surface area contributed by atoms with Crippen LogP contribution in [0.15, 0.2) is 79.3 Å². The van der Waals surface area contributed by atoms with Crippen LogP contribution in [0.1, 0.15) is 60.1 Å². The minimum Gasteiger partial charge on any atom is -0.392 e. The monoisotopic (exact) mass is 595 g/mol. The predicted octanol–water partition coefficient (Wildman–Crippen LogP) is 5.98. The van der Waals surface area contributed by atoms with Gasteiger partial charge in [-0.05, 0) is 59.7 Å². The first-order valence-corrected chi connectivity index (χ1v) is 13.6. The van der Waals surface area contributed by atoms with E-state index in [2.05, 4.69) is 59.2 Å². The van der Waals surface area contributed by atoms with Crippen molar-refractivity contribution in [3.05, 3.63) is 107 Å². The van der Waals surface area contributed by atoms with Crippen LogP contribution < -0.4 is 9.80 Å². The highest BCUT2D eigenvalue weighted by molar-refractivity contribution is 5.98. The number of aliphatic hydroxyl groups excluding tert-OH is 1. The van der Waals surface area contributed by atoms with E-state index in [1.54, 1.807) is 11.1 Å². The molecule has 4 aromatic rings. The lowest BCUT2D eigenvalue weighted by Gasteiger charge is -2.34. The van der Waals surface area contributed by atoms with E-state index in [0.717, 1.165) is 40.1 Å². The van der Waals surface area contributed by atoms with Crippen LogP contribution in [-0.4, -0.2) is 46.0 Å². The molecular formula is C32H39Cl2N5O2. The number of hydrogen-bond donors (Lipinski definition) is 1. The van der Waals surface area contributed by atoms with Crippen molar-refractivity contribution in [1.82, 2.24) is 14.8 Å². The Bertz CT molecular complexity index is 1420. The molecule has 0 spiro atoms. The molecule has 2 heterocycles. The number of aromatic nitrogens is 3. The molecule has 5 rings (SSSR count). The summed E-state index contributed by atoms with van der Waals surface area (Å²) in [6.45, 7) is 5.18. The van der Waals surface area contributed by atoms with E-state index in [9.17, 15) is 9.90 Å². The summed E-state index contributed by atoms with van der Waals surface area (Å²) >= 11 is 0. The van der Waals surface area contributed by atoms with E-state index in [-0.39, 0.29) is 30.7 Å². The third kappa shape index (κ3) is 7.28. The maximum Gasteiger partial charge on any atom is 0.237 e. The SMILES string of the molecule is CC(C)c1ccc(N(Cc2cnn(Cc3ccc(N(C)C)cc3)c2)C(=O)C2c3ccccc3CCC2O)cn1.Cl.Cl. The van der Waals surface area contributed by atoms with E-state index < -0.39 is 12.0 Å². The third-order valence-electron chi connectivity index (χ3n) is 7.52. The van der Waals surface area contributed by atoms with Crippen molar-refractivity contribution in [1.29, 1.82) is 0 Å². The Morgan fingerprint density at radius 1 is 0.976 bits per heavy atom. The molecule has 41 heavy (non-hydrogen) atoms. The molecule has 0 aliphatic heterocycles. The zero-order chi connectivity index (χ0) is 27.5. The summed E-state index contributed by atoms with van der Waals surface area (Å²) in [6.07, 6.45) is 6.18. The lowest BCUT2D eigenvalue weighted by molar-refractivity contribution is -0.123. The summed E-state index contributed by atoms with van der Waals surface area (Å²) in [5.74, 6) is -0.453. The van der Waals surface area contributed by atoms with E-state index in [1.165, 1.54) is 0 Å². The average Bonchev–Trinajstić information content (AvgIpc) is 3.38. The number of benzene rings is 2. The number of amides is 1. The van der Waals surface area contributed by atoms with Crippen LogP contribution in [0.4, 0.5) is 11.4 Å². The molecular weight excluding hydrogens is 557 g/mol. The van der Waals surface area contributed by atoms with Crippen molar-refractivity contribution in [2.75, 3.05) is 23.9 Å². The number of pyridine rings is 1. The molecule has 2 aromatic heterocycles. The third-order valence-corrected chi connectivity index (χ3v) is 7.52. The van der Waals surface area contributed by atoms with Crippen molar-refractivity contribution in [2.45, 2.75) is 57.7 Å². The summed E-state index contributed by atoms with van der Waals surface area (Å²) < 4.78 is 1.90. The first-order valence-electron chi connectivity index (χ1n) is 13.6.